The lowest BCUT2D eigenvalue weighted by atomic mass is 10.1. The number of carbonyl (C=O) groups excluding carboxylic acids is 1. The molecule has 0 radical (unpaired) electrons. The normalized spacial score (nSPS) is 17.1. The zero-order chi connectivity index (χ0) is 17.1. The molecule has 1 saturated heterocycles. The zero-order valence-electron chi connectivity index (χ0n) is 13.7. The molecule has 1 amide bonds. The minimum Gasteiger partial charge on any atom is -0.339 e. The third-order valence-electron chi connectivity index (χ3n) is 4.44. The van der Waals surface area contributed by atoms with Gasteiger partial charge in [-0.25, -0.2) is 0 Å². The molecule has 0 aliphatic carbocycles. The van der Waals surface area contributed by atoms with Crippen molar-refractivity contribution in [2.24, 2.45) is 0 Å². The Balaban J connectivity index is 1.38. The highest BCUT2D eigenvalue weighted by atomic mass is 32.1. The maximum absolute atomic E-state index is 12.6. The number of carbonyl (C=O) groups is 1. The van der Waals surface area contributed by atoms with Gasteiger partial charge in [0.25, 0.3) is 0 Å². The van der Waals surface area contributed by atoms with Gasteiger partial charge in [0.1, 0.15) is 0 Å². The average Bonchev–Trinajstić information content (AvgIpc) is 3.41. The molecule has 0 spiro atoms. The third kappa shape index (κ3) is 3.46. The van der Waals surface area contributed by atoms with Crippen molar-refractivity contribution in [3.8, 4) is 11.4 Å². The van der Waals surface area contributed by atoms with E-state index >= 15 is 0 Å². The van der Waals surface area contributed by atoms with Crippen molar-refractivity contribution in [1.29, 1.82) is 0 Å². The van der Waals surface area contributed by atoms with Gasteiger partial charge in [0, 0.05) is 37.3 Å². The van der Waals surface area contributed by atoms with Crippen molar-refractivity contribution >= 4 is 17.2 Å². The van der Waals surface area contributed by atoms with Crippen LogP contribution in [-0.2, 0) is 11.2 Å². The summed E-state index contributed by atoms with van der Waals surface area (Å²) >= 11 is 1.67. The van der Waals surface area contributed by atoms with Gasteiger partial charge in [0.05, 0.1) is 6.04 Å². The second kappa shape index (κ2) is 7.14. The molecule has 0 N–H and O–H groups in total. The van der Waals surface area contributed by atoms with Gasteiger partial charge in [-0.05, 0) is 47.4 Å². The molecule has 1 aliphatic rings. The van der Waals surface area contributed by atoms with E-state index in [-0.39, 0.29) is 11.9 Å². The van der Waals surface area contributed by atoms with Crippen LogP contribution in [0.15, 0.2) is 45.9 Å². The summed E-state index contributed by atoms with van der Waals surface area (Å²) in [5.41, 5.74) is 2.05. The van der Waals surface area contributed by atoms with Crippen molar-refractivity contribution in [3.63, 3.8) is 0 Å². The molecule has 4 heterocycles. The molecule has 128 valence electrons. The number of hydrogen-bond acceptors (Lipinski definition) is 6. The Morgan fingerprint density at radius 3 is 3.16 bits per heavy atom. The van der Waals surface area contributed by atoms with E-state index < -0.39 is 0 Å². The van der Waals surface area contributed by atoms with Crippen LogP contribution in [0.3, 0.4) is 0 Å². The lowest BCUT2D eigenvalue weighted by Crippen LogP contribution is -2.30. The Morgan fingerprint density at radius 2 is 2.36 bits per heavy atom. The average molecular weight is 354 g/mol. The molecule has 6 nitrogen and oxygen atoms in total. The van der Waals surface area contributed by atoms with Crippen molar-refractivity contribution in [1.82, 2.24) is 20.0 Å². The molecule has 4 rings (SSSR count). The Morgan fingerprint density at radius 1 is 1.40 bits per heavy atom. The van der Waals surface area contributed by atoms with Gasteiger partial charge in [-0.2, -0.15) is 16.3 Å². The first-order chi connectivity index (χ1) is 12.3. The van der Waals surface area contributed by atoms with E-state index in [1.807, 2.05) is 17.0 Å². The highest BCUT2D eigenvalue weighted by molar-refractivity contribution is 7.07. The fourth-order valence-corrected chi connectivity index (χ4v) is 3.91. The quantitative estimate of drug-likeness (QED) is 0.701. The molecule has 3 aromatic rings. The number of likely N-dealkylation sites (tertiary alicyclic amines) is 1. The van der Waals surface area contributed by atoms with E-state index in [1.165, 1.54) is 5.56 Å². The number of nitrogens with zero attached hydrogens (tertiary/aromatic N) is 4. The molecule has 7 heteroatoms. The SMILES string of the molecule is O=C(CCc1nc(-c2cccnc2)no1)N1CCCC1c1ccsc1. The summed E-state index contributed by atoms with van der Waals surface area (Å²) < 4.78 is 5.27. The predicted molar refractivity (Wildman–Crippen MR) is 93.9 cm³/mol. The minimum atomic E-state index is 0.148. The summed E-state index contributed by atoms with van der Waals surface area (Å²) in [5.74, 6) is 1.14. The summed E-state index contributed by atoms with van der Waals surface area (Å²) in [6.45, 7) is 0.824. The zero-order valence-corrected chi connectivity index (χ0v) is 14.5. The largest absolute Gasteiger partial charge is 0.339 e. The van der Waals surface area contributed by atoms with E-state index in [2.05, 4.69) is 32.0 Å². The number of thiophene rings is 1. The lowest BCUT2D eigenvalue weighted by molar-refractivity contribution is -0.132. The molecule has 1 atom stereocenters. The topological polar surface area (TPSA) is 72.1 Å². The molecule has 3 aromatic heterocycles. The van der Waals surface area contributed by atoms with Crippen LogP contribution in [0.4, 0.5) is 0 Å². The molecular formula is C18H18N4O2S. The summed E-state index contributed by atoms with van der Waals surface area (Å²) in [6.07, 6.45) is 6.32. The Bertz CT molecular complexity index is 832. The molecular weight excluding hydrogens is 336 g/mol. The van der Waals surface area contributed by atoms with E-state index in [0.29, 0.717) is 24.6 Å². The number of amides is 1. The summed E-state index contributed by atoms with van der Waals surface area (Å²) in [7, 11) is 0. The van der Waals surface area contributed by atoms with E-state index in [0.717, 1.165) is 24.9 Å². The number of pyridine rings is 1. The van der Waals surface area contributed by atoms with E-state index in [1.54, 1.807) is 23.7 Å². The second-order valence-corrected chi connectivity index (χ2v) is 6.84. The van der Waals surface area contributed by atoms with Crippen molar-refractivity contribution in [2.45, 2.75) is 31.7 Å². The second-order valence-electron chi connectivity index (χ2n) is 6.06. The van der Waals surface area contributed by atoms with Crippen LogP contribution in [0.5, 0.6) is 0 Å². The fraction of sp³-hybridized carbons (Fsp3) is 0.333. The van der Waals surface area contributed by atoms with Crippen LogP contribution in [0, 0.1) is 0 Å². The van der Waals surface area contributed by atoms with Crippen molar-refractivity contribution < 1.29 is 9.32 Å². The van der Waals surface area contributed by atoms with Crippen molar-refractivity contribution in [2.75, 3.05) is 6.54 Å². The van der Waals surface area contributed by atoms with Gasteiger partial charge in [-0.3, -0.25) is 9.78 Å². The van der Waals surface area contributed by atoms with Crippen LogP contribution >= 0.6 is 11.3 Å². The smallest absolute Gasteiger partial charge is 0.227 e. The van der Waals surface area contributed by atoms with Gasteiger partial charge < -0.3 is 9.42 Å². The summed E-state index contributed by atoms with van der Waals surface area (Å²) in [4.78, 5) is 23.0. The molecule has 0 aromatic carbocycles. The minimum absolute atomic E-state index is 0.148. The highest BCUT2D eigenvalue weighted by Crippen LogP contribution is 2.33. The van der Waals surface area contributed by atoms with Crippen molar-refractivity contribution in [3.05, 3.63) is 52.8 Å². The van der Waals surface area contributed by atoms with Gasteiger partial charge in [-0.15, -0.1) is 0 Å². The van der Waals surface area contributed by atoms with E-state index in [4.69, 9.17) is 4.52 Å². The molecule has 1 unspecified atom stereocenters. The molecule has 0 saturated carbocycles. The lowest BCUT2D eigenvalue weighted by Gasteiger charge is -2.24. The molecule has 1 aliphatic heterocycles. The number of aryl methyl sites for hydroxylation is 1. The van der Waals surface area contributed by atoms with E-state index in [9.17, 15) is 4.79 Å². The third-order valence-corrected chi connectivity index (χ3v) is 5.14. The fourth-order valence-electron chi connectivity index (χ4n) is 3.20. The standard InChI is InChI=1S/C18H18N4O2S/c23-17(22-9-2-4-15(22)14-7-10-25-12-14)6-5-16-20-18(21-24-16)13-3-1-8-19-11-13/h1,3,7-8,10-12,15H,2,4-6,9H2. The van der Waals surface area contributed by atoms with Crippen LogP contribution in [0.1, 0.15) is 36.8 Å². The summed E-state index contributed by atoms with van der Waals surface area (Å²) in [5, 5.41) is 8.17. The highest BCUT2D eigenvalue weighted by Gasteiger charge is 2.30. The monoisotopic (exact) mass is 354 g/mol. The number of hydrogen-bond donors (Lipinski definition) is 0. The molecule has 1 fully saturated rings. The summed E-state index contributed by atoms with van der Waals surface area (Å²) in [6, 6.07) is 6.03. The Kier molecular flexibility index (Phi) is 4.56. The van der Waals surface area contributed by atoms with Gasteiger partial charge in [0.15, 0.2) is 0 Å². The molecule has 25 heavy (non-hydrogen) atoms. The van der Waals surface area contributed by atoms with Crippen LogP contribution < -0.4 is 0 Å². The van der Waals surface area contributed by atoms with Gasteiger partial charge in [0.2, 0.25) is 17.6 Å². The van der Waals surface area contributed by atoms with Crippen LogP contribution in [-0.4, -0.2) is 32.5 Å². The first-order valence-electron chi connectivity index (χ1n) is 8.36. The number of aromatic nitrogens is 3. The van der Waals surface area contributed by atoms with Crippen LogP contribution in [0.25, 0.3) is 11.4 Å². The first kappa shape index (κ1) is 16.0. The maximum atomic E-state index is 12.6. The Hall–Kier alpha value is -2.54. The van der Waals surface area contributed by atoms with Gasteiger partial charge in [-0.1, -0.05) is 5.16 Å². The maximum Gasteiger partial charge on any atom is 0.227 e. The number of rotatable bonds is 5. The Labute approximate surface area is 149 Å². The van der Waals surface area contributed by atoms with Crippen LogP contribution in [0.2, 0.25) is 0 Å². The first-order valence-corrected chi connectivity index (χ1v) is 9.30. The van der Waals surface area contributed by atoms with Gasteiger partial charge >= 0.3 is 0 Å². The molecule has 0 bridgehead atoms. The predicted octanol–water partition coefficient (Wildman–Crippen LogP) is 3.49.